The van der Waals surface area contributed by atoms with Crippen LogP contribution in [0.5, 0.6) is 0 Å². The van der Waals surface area contributed by atoms with Gasteiger partial charge in [0.05, 0.1) is 0 Å². The summed E-state index contributed by atoms with van der Waals surface area (Å²) >= 11 is 0. The molecule has 5 heteroatoms. The van der Waals surface area contributed by atoms with E-state index in [9.17, 15) is 9.59 Å². The first-order chi connectivity index (χ1) is 7.94. The fourth-order valence-corrected chi connectivity index (χ4v) is 1.92. The summed E-state index contributed by atoms with van der Waals surface area (Å²) < 4.78 is 0. The molecule has 0 aromatic rings. The fraction of sp³-hybridized carbons (Fsp3) is 0.833. The van der Waals surface area contributed by atoms with Gasteiger partial charge in [-0.15, -0.1) is 0 Å². The van der Waals surface area contributed by atoms with Gasteiger partial charge in [0.25, 0.3) is 0 Å². The van der Waals surface area contributed by atoms with Gasteiger partial charge in [0.15, 0.2) is 0 Å². The summed E-state index contributed by atoms with van der Waals surface area (Å²) in [5.74, 6) is -1.32. The quantitative estimate of drug-likeness (QED) is 0.645. The number of aliphatic carboxylic acids is 1. The van der Waals surface area contributed by atoms with Crippen molar-refractivity contribution >= 4 is 11.9 Å². The highest BCUT2D eigenvalue weighted by Gasteiger charge is 2.57. The van der Waals surface area contributed by atoms with Crippen molar-refractivity contribution in [1.29, 1.82) is 0 Å². The molecule has 98 valence electrons. The zero-order valence-corrected chi connectivity index (χ0v) is 10.8. The van der Waals surface area contributed by atoms with Crippen LogP contribution >= 0.6 is 0 Å². The number of amides is 1. The molecule has 1 amide bonds. The Balaban J connectivity index is 2.44. The molecule has 0 aromatic carbocycles. The molecule has 1 aliphatic carbocycles. The van der Waals surface area contributed by atoms with Crippen molar-refractivity contribution in [2.75, 3.05) is 20.6 Å². The van der Waals surface area contributed by atoms with Gasteiger partial charge in [-0.3, -0.25) is 9.59 Å². The van der Waals surface area contributed by atoms with E-state index in [-0.39, 0.29) is 11.9 Å². The highest BCUT2D eigenvalue weighted by atomic mass is 16.4. The van der Waals surface area contributed by atoms with Crippen LogP contribution < -0.4 is 5.32 Å². The van der Waals surface area contributed by atoms with Crippen LogP contribution in [0.3, 0.4) is 0 Å². The van der Waals surface area contributed by atoms with Crippen LogP contribution in [-0.2, 0) is 9.59 Å². The average molecular weight is 242 g/mol. The topological polar surface area (TPSA) is 69.6 Å². The lowest BCUT2D eigenvalue weighted by atomic mass is 10.1. The minimum atomic E-state index is -1.12. The summed E-state index contributed by atoms with van der Waals surface area (Å²) in [6.07, 6.45) is 2.97. The SMILES string of the molecule is CCCC(CNC(=O)C1(C(=O)O)CC1)N(C)C. The van der Waals surface area contributed by atoms with Crippen LogP contribution in [0.2, 0.25) is 0 Å². The van der Waals surface area contributed by atoms with Crippen molar-refractivity contribution in [3.63, 3.8) is 0 Å². The molecular formula is C12H22N2O3. The van der Waals surface area contributed by atoms with E-state index in [1.807, 2.05) is 14.1 Å². The number of nitrogens with zero attached hydrogens (tertiary/aromatic N) is 1. The van der Waals surface area contributed by atoms with Crippen molar-refractivity contribution in [2.24, 2.45) is 5.41 Å². The molecule has 0 radical (unpaired) electrons. The minimum Gasteiger partial charge on any atom is -0.480 e. The Hall–Kier alpha value is -1.10. The van der Waals surface area contributed by atoms with Gasteiger partial charge in [0, 0.05) is 12.6 Å². The Morgan fingerprint density at radius 3 is 2.35 bits per heavy atom. The first kappa shape index (κ1) is 14.0. The standard InChI is InChI=1S/C12H22N2O3/c1-4-5-9(14(2)3)8-13-10(15)12(6-7-12)11(16)17/h9H,4-8H2,1-3H3,(H,13,15)(H,16,17). The maximum atomic E-state index is 11.8. The molecule has 5 nitrogen and oxygen atoms in total. The van der Waals surface area contributed by atoms with Crippen molar-refractivity contribution in [2.45, 2.75) is 38.6 Å². The molecule has 0 bridgehead atoms. The van der Waals surface area contributed by atoms with Crippen LogP contribution in [0.4, 0.5) is 0 Å². The van der Waals surface area contributed by atoms with E-state index in [4.69, 9.17) is 5.11 Å². The van der Waals surface area contributed by atoms with Crippen LogP contribution in [0.1, 0.15) is 32.6 Å². The first-order valence-electron chi connectivity index (χ1n) is 6.12. The van der Waals surface area contributed by atoms with E-state index in [0.29, 0.717) is 19.4 Å². The van der Waals surface area contributed by atoms with Crippen molar-refractivity contribution in [3.8, 4) is 0 Å². The largest absolute Gasteiger partial charge is 0.480 e. The lowest BCUT2D eigenvalue weighted by Gasteiger charge is -2.24. The number of carbonyl (C=O) groups is 2. The fourth-order valence-electron chi connectivity index (χ4n) is 1.92. The Labute approximate surface area is 102 Å². The molecule has 1 aliphatic rings. The normalized spacial score (nSPS) is 18.8. The molecule has 0 aliphatic heterocycles. The predicted molar refractivity (Wildman–Crippen MR) is 64.7 cm³/mol. The third-order valence-corrected chi connectivity index (χ3v) is 3.44. The number of nitrogens with one attached hydrogen (secondary N) is 1. The van der Waals surface area contributed by atoms with Gasteiger partial charge in [-0.25, -0.2) is 0 Å². The monoisotopic (exact) mass is 242 g/mol. The summed E-state index contributed by atoms with van der Waals surface area (Å²) in [5.41, 5.74) is -1.12. The molecule has 0 heterocycles. The summed E-state index contributed by atoms with van der Waals surface area (Å²) in [4.78, 5) is 24.8. The maximum absolute atomic E-state index is 11.8. The predicted octanol–water partition coefficient (Wildman–Crippen LogP) is 0.698. The van der Waals surface area contributed by atoms with E-state index in [1.54, 1.807) is 0 Å². The number of carboxylic acid groups (broad SMARTS) is 1. The zero-order valence-electron chi connectivity index (χ0n) is 10.8. The second-order valence-electron chi connectivity index (χ2n) is 5.00. The van der Waals surface area contributed by atoms with Crippen molar-refractivity contribution < 1.29 is 14.7 Å². The number of hydrogen-bond donors (Lipinski definition) is 2. The smallest absolute Gasteiger partial charge is 0.319 e. The summed E-state index contributed by atoms with van der Waals surface area (Å²) in [6, 6.07) is 0.272. The molecule has 0 spiro atoms. The summed E-state index contributed by atoms with van der Waals surface area (Å²) in [7, 11) is 3.94. The van der Waals surface area contributed by atoms with E-state index >= 15 is 0 Å². The first-order valence-corrected chi connectivity index (χ1v) is 6.12. The number of carboxylic acids is 1. The zero-order chi connectivity index (χ0) is 13.1. The molecule has 2 N–H and O–H groups in total. The highest BCUT2D eigenvalue weighted by molar-refractivity contribution is 6.04. The third kappa shape index (κ3) is 3.19. The van der Waals surface area contributed by atoms with Gasteiger partial charge in [-0.05, 0) is 33.4 Å². The molecule has 1 atom stereocenters. The lowest BCUT2D eigenvalue weighted by molar-refractivity contribution is -0.149. The lowest BCUT2D eigenvalue weighted by Crippen LogP contribution is -2.44. The van der Waals surface area contributed by atoms with E-state index in [0.717, 1.165) is 12.8 Å². The van der Waals surface area contributed by atoms with Gasteiger partial charge in [0.2, 0.25) is 5.91 Å². The van der Waals surface area contributed by atoms with Gasteiger partial charge >= 0.3 is 5.97 Å². The molecule has 1 saturated carbocycles. The van der Waals surface area contributed by atoms with E-state index < -0.39 is 11.4 Å². The second-order valence-corrected chi connectivity index (χ2v) is 5.00. The van der Waals surface area contributed by atoms with Gasteiger partial charge in [0.1, 0.15) is 5.41 Å². The summed E-state index contributed by atoms with van der Waals surface area (Å²) in [5, 5.41) is 11.8. The molecule has 1 fully saturated rings. The highest BCUT2D eigenvalue weighted by Crippen LogP contribution is 2.46. The Morgan fingerprint density at radius 1 is 1.41 bits per heavy atom. The molecule has 0 aromatic heterocycles. The van der Waals surface area contributed by atoms with Gasteiger partial charge in [-0.1, -0.05) is 13.3 Å². The summed E-state index contributed by atoms with van der Waals surface area (Å²) in [6.45, 7) is 2.62. The minimum absolute atomic E-state index is 0.272. The van der Waals surface area contributed by atoms with Crippen LogP contribution in [0, 0.1) is 5.41 Å². The van der Waals surface area contributed by atoms with E-state index in [2.05, 4.69) is 17.1 Å². The van der Waals surface area contributed by atoms with Crippen molar-refractivity contribution in [1.82, 2.24) is 10.2 Å². The third-order valence-electron chi connectivity index (χ3n) is 3.44. The van der Waals surface area contributed by atoms with Crippen LogP contribution in [0.15, 0.2) is 0 Å². The Kier molecular flexibility index (Phi) is 4.51. The molecule has 1 rings (SSSR count). The number of carbonyl (C=O) groups excluding carboxylic acids is 1. The molecule has 17 heavy (non-hydrogen) atoms. The molecular weight excluding hydrogens is 220 g/mol. The number of likely N-dealkylation sites (N-methyl/N-ethyl adjacent to an activating group) is 1. The number of rotatable bonds is 7. The Morgan fingerprint density at radius 2 is 2.00 bits per heavy atom. The Bertz CT molecular complexity index is 298. The van der Waals surface area contributed by atoms with Crippen LogP contribution in [-0.4, -0.2) is 48.6 Å². The van der Waals surface area contributed by atoms with Crippen molar-refractivity contribution in [3.05, 3.63) is 0 Å². The van der Waals surface area contributed by atoms with Gasteiger partial charge < -0.3 is 15.3 Å². The average Bonchev–Trinajstić information content (AvgIpc) is 3.04. The molecule has 0 saturated heterocycles. The van der Waals surface area contributed by atoms with E-state index in [1.165, 1.54) is 0 Å². The molecule has 1 unspecified atom stereocenters. The van der Waals surface area contributed by atoms with Gasteiger partial charge in [-0.2, -0.15) is 0 Å². The number of hydrogen-bond acceptors (Lipinski definition) is 3. The van der Waals surface area contributed by atoms with Crippen LogP contribution in [0.25, 0.3) is 0 Å². The maximum Gasteiger partial charge on any atom is 0.319 e. The second kappa shape index (κ2) is 5.49.